The molecule has 0 unspecified atom stereocenters. The third-order valence-corrected chi connectivity index (χ3v) is 7.79. The van der Waals surface area contributed by atoms with Crippen LogP contribution in [0.5, 0.6) is 0 Å². The number of carbonyl (C=O) groups is 6. The molecule has 52 heavy (non-hydrogen) atoms. The molecule has 2 fully saturated rings. The minimum atomic E-state index is -1.71. The van der Waals surface area contributed by atoms with Crippen molar-refractivity contribution in [1.29, 1.82) is 0 Å². The number of amides is 5. The van der Waals surface area contributed by atoms with Crippen molar-refractivity contribution in [3.63, 3.8) is 0 Å². The molecule has 2 aliphatic heterocycles. The fraction of sp³-hybridized carbons (Fsp3) is 0.486. The van der Waals surface area contributed by atoms with E-state index in [4.69, 9.17) is 25.5 Å². The fourth-order valence-electron chi connectivity index (χ4n) is 5.52. The first-order chi connectivity index (χ1) is 24.4. The Hall–Kier alpha value is -5.49. The van der Waals surface area contributed by atoms with Crippen molar-refractivity contribution in [2.24, 2.45) is 0 Å². The molecule has 0 saturated carbocycles. The van der Waals surface area contributed by atoms with Gasteiger partial charge in [0.05, 0.1) is 19.7 Å². The van der Waals surface area contributed by atoms with Crippen LogP contribution in [0.25, 0.3) is 4.85 Å². The molecule has 0 aliphatic carbocycles. The summed E-state index contributed by atoms with van der Waals surface area (Å²) in [6.45, 7) is 19.7. The number of imide groups is 1. The first-order valence-electron chi connectivity index (χ1n) is 16.9. The van der Waals surface area contributed by atoms with E-state index >= 15 is 0 Å². The summed E-state index contributed by atoms with van der Waals surface area (Å²) in [5.74, 6) is -2.47. The van der Waals surface area contributed by atoms with Gasteiger partial charge >= 0.3 is 18.2 Å². The summed E-state index contributed by atoms with van der Waals surface area (Å²) in [5, 5.41) is 2.60. The Bertz CT molecular complexity index is 1700. The number of anilines is 2. The molecule has 278 valence electrons. The molecule has 15 heteroatoms. The summed E-state index contributed by atoms with van der Waals surface area (Å²) in [6, 6.07) is 10.7. The molecule has 2 aliphatic rings. The van der Waals surface area contributed by atoms with Crippen molar-refractivity contribution in [3.05, 3.63) is 65.0 Å². The van der Waals surface area contributed by atoms with Crippen LogP contribution in [0.2, 0.25) is 0 Å². The van der Waals surface area contributed by atoms with Crippen LogP contribution in [0, 0.1) is 6.57 Å². The van der Waals surface area contributed by atoms with Crippen molar-refractivity contribution in [1.82, 2.24) is 9.80 Å². The molecule has 2 aromatic carbocycles. The maximum Gasteiger partial charge on any atom is 0.420 e. The van der Waals surface area contributed by atoms with E-state index in [1.807, 2.05) is 0 Å². The van der Waals surface area contributed by atoms with Crippen molar-refractivity contribution >= 4 is 52.9 Å². The second kappa shape index (κ2) is 16.2. The number of nitrogens with zero attached hydrogens (tertiary/aromatic N) is 4. The topological polar surface area (TPSA) is 165 Å². The van der Waals surface area contributed by atoms with Gasteiger partial charge in [-0.05, 0) is 96.3 Å². The molecule has 0 aromatic heterocycles. The van der Waals surface area contributed by atoms with Gasteiger partial charge in [0.1, 0.15) is 11.2 Å². The van der Waals surface area contributed by atoms with Gasteiger partial charge in [0.25, 0.3) is 17.7 Å². The Morgan fingerprint density at radius 3 is 2.08 bits per heavy atom. The van der Waals surface area contributed by atoms with E-state index < -0.39 is 59.9 Å². The number of carbonyl (C=O) groups excluding carboxylic acids is 6. The van der Waals surface area contributed by atoms with E-state index in [-0.39, 0.29) is 36.0 Å². The monoisotopic (exact) mass is 719 g/mol. The van der Waals surface area contributed by atoms with Crippen LogP contribution in [0.4, 0.5) is 26.7 Å². The molecule has 0 spiro atoms. The third kappa shape index (κ3) is 10.3. The summed E-state index contributed by atoms with van der Waals surface area (Å²) >= 11 is 0. The van der Waals surface area contributed by atoms with Crippen LogP contribution >= 0.6 is 0 Å². The first kappa shape index (κ1) is 39.3. The number of likely N-dealkylation sites (tertiary alicyclic amines) is 1. The number of nitrogens with one attached hydrogen (secondary N) is 1. The van der Waals surface area contributed by atoms with Crippen molar-refractivity contribution in [2.75, 3.05) is 36.5 Å². The van der Waals surface area contributed by atoms with Gasteiger partial charge in [-0.25, -0.2) is 19.3 Å². The average molecular weight is 720 g/mol. The Kier molecular flexibility index (Phi) is 12.3. The van der Waals surface area contributed by atoms with Gasteiger partial charge in [-0.15, -0.1) is 0 Å². The molecule has 4 rings (SSSR count). The third-order valence-electron chi connectivity index (χ3n) is 7.79. The summed E-state index contributed by atoms with van der Waals surface area (Å²) < 4.78 is 21.9. The highest BCUT2D eigenvalue weighted by Crippen LogP contribution is 2.28. The summed E-state index contributed by atoms with van der Waals surface area (Å²) in [5.41, 5.74) is -0.605. The molecular weight excluding hydrogens is 674 g/mol. The lowest BCUT2D eigenvalue weighted by Crippen LogP contribution is -2.56. The van der Waals surface area contributed by atoms with Gasteiger partial charge in [-0.2, -0.15) is 0 Å². The zero-order valence-electron chi connectivity index (χ0n) is 30.5. The summed E-state index contributed by atoms with van der Waals surface area (Å²) in [4.78, 5) is 86.0. The quantitative estimate of drug-likeness (QED) is 0.211. The lowest BCUT2D eigenvalue weighted by molar-refractivity contribution is -0.167. The van der Waals surface area contributed by atoms with E-state index in [0.29, 0.717) is 29.2 Å². The Balaban J connectivity index is 1.56. The molecule has 2 heterocycles. The molecule has 0 radical (unpaired) electrons. The number of esters is 1. The summed E-state index contributed by atoms with van der Waals surface area (Å²) in [6.07, 6.45) is -3.33. The van der Waals surface area contributed by atoms with Crippen LogP contribution in [-0.2, 0) is 39.9 Å². The minimum Gasteiger partial charge on any atom is -0.449 e. The van der Waals surface area contributed by atoms with E-state index in [1.54, 1.807) is 70.7 Å². The molecule has 2 aromatic rings. The highest BCUT2D eigenvalue weighted by Gasteiger charge is 2.43. The Morgan fingerprint density at radius 2 is 1.54 bits per heavy atom. The molecule has 0 bridgehead atoms. The van der Waals surface area contributed by atoms with Crippen molar-refractivity contribution in [2.45, 2.75) is 91.3 Å². The lowest BCUT2D eigenvalue weighted by Gasteiger charge is -2.35. The van der Waals surface area contributed by atoms with E-state index in [1.165, 1.54) is 23.1 Å². The normalized spacial score (nSPS) is 16.7. The van der Waals surface area contributed by atoms with E-state index in [0.717, 1.165) is 19.8 Å². The smallest absolute Gasteiger partial charge is 0.420 e. The first-order valence-corrected chi connectivity index (χ1v) is 16.9. The van der Waals surface area contributed by atoms with Crippen LogP contribution in [0.15, 0.2) is 42.5 Å². The maximum atomic E-state index is 13.7. The van der Waals surface area contributed by atoms with Gasteiger partial charge in [-0.1, -0.05) is 6.07 Å². The minimum absolute atomic E-state index is 0.0188. The number of rotatable bonds is 8. The van der Waals surface area contributed by atoms with Crippen LogP contribution in [0.1, 0.15) is 77.2 Å². The number of morpholine rings is 1. The van der Waals surface area contributed by atoms with Gasteiger partial charge in [0, 0.05) is 43.5 Å². The number of hydrogen-bond donors (Lipinski definition) is 1. The number of benzene rings is 2. The molecule has 2 saturated heterocycles. The van der Waals surface area contributed by atoms with Crippen LogP contribution in [0.3, 0.4) is 0 Å². The van der Waals surface area contributed by atoms with Gasteiger partial charge in [0.15, 0.2) is 11.8 Å². The predicted molar refractivity (Wildman–Crippen MR) is 189 cm³/mol. The van der Waals surface area contributed by atoms with Gasteiger partial charge in [0.2, 0.25) is 6.10 Å². The maximum absolute atomic E-state index is 13.7. The molecular formula is C37H45N5O10. The Labute approximate surface area is 302 Å². The number of hydrogen-bond acceptors (Lipinski definition) is 10. The van der Waals surface area contributed by atoms with Gasteiger partial charge < -0.3 is 34.1 Å². The van der Waals surface area contributed by atoms with E-state index in [2.05, 4.69) is 10.2 Å². The predicted octanol–water partition coefficient (Wildman–Crippen LogP) is 5.45. The van der Waals surface area contributed by atoms with Crippen molar-refractivity contribution in [3.8, 4) is 0 Å². The number of ether oxygens (including phenoxy) is 4. The SMILES string of the molecule is [C-]#[N+]c1ccc(NC(=O)[C@H](OC(C)=O)[C@H]2OCCN(c3ccc(C(=O)N4CCCC4)cc3)C2=O)cc1CN(C(=O)OC(C)(C)C)C(=O)OC(C)(C)C. The highest BCUT2D eigenvalue weighted by atomic mass is 16.6. The summed E-state index contributed by atoms with van der Waals surface area (Å²) in [7, 11) is 0. The molecule has 2 atom stereocenters. The van der Waals surface area contributed by atoms with Crippen LogP contribution in [-0.4, -0.2) is 95.3 Å². The zero-order chi connectivity index (χ0) is 38.4. The Morgan fingerprint density at radius 1 is 0.942 bits per heavy atom. The second-order valence-corrected chi connectivity index (χ2v) is 14.3. The zero-order valence-corrected chi connectivity index (χ0v) is 30.5. The standard InChI is InChI=1S/C37H45N5O10/c1-23(43)50-29(30-33(46)41(19-20-49-30)27-14-11-24(12-15-27)32(45)40-17-9-10-18-40)31(44)39-26-13-16-28(38-8)25(21-26)22-42(34(47)51-36(2,3)4)35(48)52-37(5,6)7/h11-16,21,29-30H,9-10,17-20,22H2,1-7H3,(H,39,44)/t29-,30-/m1/s1. The second-order valence-electron chi connectivity index (χ2n) is 14.3. The fourth-order valence-corrected chi connectivity index (χ4v) is 5.52. The lowest BCUT2D eigenvalue weighted by atomic mass is 10.1. The highest BCUT2D eigenvalue weighted by molar-refractivity contribution is 6.05. The van der Waals surface area contributed by atoms with E-state index in [9.17, 15) is 28.8 Å². The van der Waals surface area contributed by atoms with Gasteiger partial charge in [-0.3, -0.25) is 19.2 Å². The van der Waals surface area contributed by atoms with Crippen LogP contribution < -0.4 is 10.2 Å². The average Bonchev–Trinajstić information content (AvgIpc) is 3.60. The van der Waals surface area contributed by atoms with Crippen molar-refractivity contribution < 1.29 is 47.7 Å². The molecule has 1 N–H and O–H groups in total. The molecule has 5 amide bonds. The molecule has 15 nitrogen and oxygen atoms in total. The largest absolute Gasteiger partial charge is 0.449 e.